The van der Waals surface area contributed by atoms with Crippen molar-refractivity contribution < 1.29 is 4.79 Å². The predicted octanol–water partition coefficient (Wildman–Crippen LogP) is 4.88. The van der Waals surface area contributed by atoms with Gasteiger partial charge in [0, 0.05) is 5.41 Å². The lowest BCUT2D eigenvalue weighted by atomic mass is 9.88. The highest BCUT2D eigenvalue weighted by Crippen LogP contribution is 2.24. The second-order valence-electron chi connectivity index (χ2n) is 5.75. The molecule has 18 heavy (non-hydrogen) atoms. The van der Waals surface area contributed by atoms with Crippen molar-refractivity contribution >= 4 is 11.4 Å². The van der Waals surface area contributed by atoms with Crippen molar-refractivity contribution in [2.24, 2.45) is 5.41 Å². The van der Waals surface area contributed by atoms with Crippen LogP contribution >= 0.6 is 0 Å². The summed E-state index contributed by atoms with van der Waals surface area (Å²) in [5.74, 6) is 0.206. The standard InChI is InChI=1S/C17H24O/c1-5-6-10-15(13-16(18)17(2,3)4)14-11-8-7-9-12-14/h7-9,11-13H,5-6,10H2,1-4H3. The normalized spacial score (nSPS) is 12.6. The van der Waals surface area contributed by atoms with Gasteiger partial charge in [-0.25, -0.2) is 0 Å². The van der Waals surface area contributed by atoms with Crippen LogP contribution in [0.15, 0.2) is 36.4 Å². The molecule has 0 aliphatic rings. The lowest BCUT2D eigenvalue weighted by molar-refractivity contribution is -0.121. The summed E-state index contributed by atoms with van der Waals surface area (Å²) in [6.07, 6.45) is 5.08. The van der Waals surface area contributed by atoms with Crippen molar-refractivity contribution in [3.05, 3.63) is 42.0 Å². The second-order valence-corrected chi connectivity index (χ2v) is 5.75. The summed E-state index contributed by atoms with van der Waals surface area (Å²) < 4.78 is 0. The molecule has 0 radical (unpaired) electrons. The molecule has 0 amide bonds. The fourth-order valence-corrected chi connectivity index (χ4v) is 1.69. The van der Waals surface area contributed by atoms with Crippen LogP contribution in [-0.4, -0.2) is 5.78 Å². The summed E-state index contributed by atoms with van der Waals surface area (Å²) in [4.78, 5) is 12.1. The zero-order chi connectivity index (χ0) is 13.6. The van der Waals surface area contributed by atoms with Gasteiger partial charge in [0.05, 0.1) is 0 Å². The summed E-state index contributed by atoms with van der Waals surface area (Å²) >= 11 is 0. The molecule has 1 heteroatoms. The van der Waals surface area contributed by atoms with Crippen LogP contribution in [0.1, 0.15) is 52.5 Å². The molecule has 98 valence electrons. The third-order valence-electron chi connectivity index (χ3n) is 2.99. The maximum absolute atomic E-state index is 12.1. The van der Waals surface area contributed by atoms with Gasteiger partial charge in [-0.2, -0.15) is 0 Å². The van der Waals surface area contributed by atoms with Gasteiger partial charge in [0.25, 0.3) is 0 Å². The van der Waals surface area contributed by atoms with Gasteiger partial charge in [0.1, 0.15) is 0 Å². The van der Waals surface area contributed by atoms with E-state index in [0.29, 0.717) is 0 Å². The third-order valence-corrected chi connectivity index (χ3v) is 2.99. The largest absolute Gasteiger partial charge is 0.294 e. The van der Waals surface area contributed by atoms with Crippen LogP contribution in [0.25, 0.3) is 5.57 Å². The molecule has 0 bridgehead atoms. The first-order valence-corrected chi connectivity index (χ1v) is 6.75. The van der Waals surface area contributed by atoms with E-state index in [1.54, 1.807) is 0 Å². The first kappa shape index (κ1) is 14.7. The number of benzene rings is 1. The average Bonchev–Trinajstić information content (AvgIpc) is 2.34. The summed E-state index contributed by atoms with van der Waals surface area (Å²) in [6.45, 7) is 8.07. The lowest BCUT2D eigenvalue weighted by Crippen LogP contribution is -2.17. The van der Waals surface area contributed by atoms with Crippen LogP contribution in [0, 0.1) is 5.41 Å². The Balaban J connectivity index is 2.99. The molecule has 0 spiro atoms. The highest BCUT2D eigenvalue weighted by molar-refractivity contribution is 5.99. The fraction of sp³-hybridized carbons (Fsp3) is 0.471. The maximum Gasteiger partial charge on any atom is 0.161 e. The number of rotatable bonds is 5. The monoisotopic (exact) mass is 244 g/mol. The molecule has 0 saturated carbocycles. The van der Waals surface area contributed by atoms with Gasteiger partial charge < -0.3 is 0 Å². The zero-order valence-corrected chi connectivity index (χ0v) is 12.0. The Labute approximate surface area is 111 Å². The number of ketones is 1. The molecule has 0 aliphatic heterocycles. The summed E-state index contributed by atoms with van der Waals surface area (Å²) in [5.41, 5.74) is 2.03. The van der Waals surface area contributed by atoms with E-state index >= 15 is 0 Å². The predicted molar refractivity (Wildman–Crippen MR) is 78.4 cm³/mol. The van der Waals surface area contributed by atoms with Gasteiger partial charge in [0.15, 0.2) is 5.78 Å². The highest BCUT2D eigenvalue weighted by atomic mass is 16.1. The Hall–Kier alpha value is -1.37. The van der Waals surface area contributed by atoms with Gasteiger partial charge in [-0.1, -0.05) is 64.4 Å². The molecule has 0 heterocycles. The Bertz CT molecular complexity index is 407. The van der Waals surface area contributed by atoms with Gasteiger partial charge >= 0.3 is 0 Å². The summed E-state index contributed by atoms with van der Waals surface area (Å²) in [6, 6.07) is 10.2. The molecule has 0 saturated heterocycles. The number of carbonyl (C=O) groups excluding carboxylic acids is 1. The molecule has 0 atom stereocenters. The van der Waals surface area contributed by atoms with Gasteiger partial charge in [0.2, 0.25) is 0 Å². The van der Waals surface area contributed by atoms with Crippen LogP contribution in [0.3, 0.4) is 0 Å². The number of unbranched alkanes of at least 4 members (excludes halogenated alkanes) is 1. The zero-order valence-electron chi connectivity index (χ0n) is 12.0. The van der Waals surface area contributed by atoms with E-state index in [0.717, 1.165) is 24.8 Å². The molecular weight excluding hydrogens is 220 g/mol. The molecule has 0 N–H and O–H groups in total. The number of carbonyl (C=O) groups is 1. The molecule has 1 aromatic carbocycles. The van der Waals surface area contributed by atoms with Gasteiger partial charge in [-0.3, -0.25) is 4.79 Å². The molecule has 1 aromatic rings. The molecule has 0 aliphatic carbocycles. The van der Waals surface area contributed by atoms with E-state index in [1.165, 1.54) is 5.56 Å². The van der Waals surface area contributed by atoms with Crippen molar-refractivity contribution in [3.8, 4) is 0 Å². The Morgan fingerprint density at radius 2 is 1.78 bits per heavy atom. The van der Waals surface area contributed by atoms with Gasteiger partial charge in [-0.15, -0.1) is 0 Å². The number of hydrogen-bond donors (Lipinski definition) is 0. The van der Waals surface area contributed by atoms with E-state index in [1.807, 2.05) is 45.0 Å². The van der Waals surface area contributed by atoms with E-state index < -0.39 is 0 Å². The summed E-state index contributed by atoms with van der Waals surface area (Å²) in [7, 11) is 0. The van der Waals surface area contributed by atoms with Crippen molar-refractivity contribution in [2.45, 2.75) is 47.0 Å². The smallest absolute Gasteiger partial charge is 0.161 e. The fourth-order valence-electron chi connectivity index (χ4n) is 1.69. The van der Waals surface area contributed by atoms with E-state index in [2.05, 4.69) is 19.1 Å². The van der Waals surface area contributed by atoms with E-state index in [9.17, 15) is 4.79 Å². The Morgan fingerprint density at radius 3 is 2.28 bits per heavy atom. The van der Waals surface area contributed by atoms with Crippen molar-refractivity contribution in [1.82, 2.24) is 0 Å². The van der Waals surface area contributed by atoms with Crippen LogP contribution < -0.4 is 0 Å². The van der Waals surface area contributed by atoms with Crippen LogP contribution in [0.5, 0.6) is 0 Å². The van der Waals surface area contributed by atoms with Crippen molar-refractivity contribution in [2.75, 3.05) is 0 Å². The van der Waals surface area contributed by atoms with E-state index in [-0.39, 0.29) is 11.2 Å². The first-order valence-electron chi connectivity index (χ1n) is 6.75. The van der Waals surface area contributed by atoms with Crippen molar-refractivity contribution in [3.63, 3.8) is 0 Å². The second kappa shape index (κ2) is 6.53. The maximum atomic E-state index is 12.1. The van der Waals surface area contributed by atoms with Crippen LogP contribution in [0.4, 0.5) is 0 Å². The Kier molecular flexibility index (Phi) is 5.33. The van der Waals surface area contributed by atoms with E-state index in [4.69, 9.17) is 0 Å². The van der Waals surface area contributed by atoms with Gasteiger partial charge in [-0.05, 0) is 30.1 Å². The third kappa shape index (κ3) is 4.48. The molecule has 0 aromatic heterocycles. The van der Waals surface area contributed by atoms with Crippen LogP contribution in [-0.2, 0) is 4.79 Å². The minimum absolute atomic E-state index is 0.206. The molecule has 1 rings (SSSR count). The minimum Gasteiger partial charge on any atom is -0.294 e. The Morgan fingerprint density at radius 1 is 1.17 bits per heavy atom. The lowest BCUT2D eigenvalue weighted by Gasteiger charge is -2.15. The molecule has 0 unspecified atom stereocenters. The highest BCUT2D eigenvalue weighted by Gasteiger charge is 2.19. The average molecular weight is 244 g/mol. The number of hydrogen-bond acceptors (Lipinski definition) is 1. The SMILES string of the molecule is CCCCC(=CC(=O)C(C)(C)C)c1ccccc1. The quantitative estimate of drug-likeness (QED) is 0.675. The molecular formula is C17H24O. The molecule has 0 fully saturated rings. The van der Waals surface area contributed by atoms with Crippen molar-refractivity contribution in [1.29, 1.82) is 0 Å². The number of allylic oxidation sites excluding steroid dienone is 2. The first-order chi connectivity index (χ1) is 8.45. The minimum atomic E-state index is -0.299. The summed E-state index contributed by atoms with van der Waals surface area (Å²) in [5, 5.41) is 0. The van der Waals surface area contributed by atoms with Crippen LogP contribution in [0.2, 0.25) is 0 Å². The molecule has 1 nitrogen and oxygen atoms in total. The topological polar surface area (TPSA) is 17.1 Å².